The summed E-state index contributed by atoms with van der Waals surface area (Å²) < 4.78 is 10.7. The number of rotatable bonds is 7. The van der Waals surface area contributed by atoms with Crippen LogP contribution in [0, 0.1) is 0 Å². The van der Waals surface area contributed by atoms with Crippen molar-refractivity contribution < 1.29 is 14.3 Å². The lowest BCUT2D eigenvalue weighted by Gasteiger charge is -2.07. The molecule has 1 heterocycles. The van der Waals surface area contributed by atoms with Crippen molar-refractivity contribution in [1.29, 1.82) is 0 Å². The molecule has 0 unspecified atom stereocenters. The van der Waals surface area contributed by atoms with Crippen LogP contribution in [-0.4, -0.2) is 40.9 Å². The minimum atomic E-state index is 0.0514. The van der Waals surface area contributed by atoms with Crippen LogP contribution in [0.3, 0.4) is 0 Å². The molecule has 0 saturated carbocycles. The Hall–Kier alpha value is -3.58. The summed E-state index contributed by atoms with van der Waals surface area (Å²) in [7, 11) is 3.20. The van der Waals surface area contributed by atoms with E-state index in [1.807, 2.05) is 30.3 Å². The number of nitrogens with zero attached hydrogens (tertiary/aromatic N) is 2. The SMILES string of the molecule is COc1ccc(-c2nc(SCC(=O)c3ccc4c(c3)-c3ccccc3C4)n[nH]2)c(OC)c1. The number of methoxy groups -OCH3 is 2. The number of ether oxygens (including phenoxy) is 2. The average molecular weight is 444 g/mol. The van der Waals surface area contributed by atoms with Crippen LogP contribution in [-0.2, 0) is 6.42 Å². The highest BCUT2D eigenvalue weighted by Gasteiger charge is 2.20. The van der Waals surface area contributed by atoms with Crippen LogP contribution < -0.4 is 9.47 Å². The number of aromatic nitrogens is 3. The number of aromatic amines is 1. The van der Waals surface area contributed by atoms with Crippen LogP contribution in [0.4, 0.5) is 0 Å². The Labute approximate surface area is 190 Å². The van der Waals surface area contributed by atoms with Gasteiger partial charge in [0, 0.05) is 11.6 Å². The maximum atomic E-state index is 12.9. The molecule has 4 aromatic rings. The summed E-state index contributed by atoms with van der Waals surface area (Å²) in [5.41, 5.74) is 6.43. The second kappa shape index (κ2) is 8.51. The highest BCUT2D eigenvalue weighted by atomic mass is 32.2. The van der Waals surface area contributed by atoms with E-state index >= 15 is 0 Å². The monoisotopic (exact) mass is 443 g/mol. The van der Waals surface area contributed by atoms with Crippen molar-refractivity contribution in [2.45, 2.75) is 11.6 Å². The van der Waals surface area contributed by atoms with Gasteiger partial charge in [0.25, 0.3) is 0 Å². The number of carbonyl (C=O) groups is 1. The first-order chi connectivity index (χ1) is 15.7. The van der Waals surface area contributed by atoms with E-state index in [4.69, 9.17) is 9.47 Å². The Morgan fingerprint density at radius 1 is 0.969 bits per heavy atom. The molecule has 3 aromatic carbocycles. The summed E-state index contributed by atoms with van der Waals surface area (Å²) >= 11 is 1.31. The molecular weight excluding hydrogens is 422 g/mol. The lowest BCUT2D eigenvalue weighted by atomic mass is 10.0. The van der Waals surface area contributed by atoms with Crippen molar-refractivity contribution in [3.63, 3.8) is 0 Å². The third-order valence-corrected chi connectivity index (χ3v) is 6.43. The molecule has 0 saturated heterocycles. The van der Waals surface area contributed by atoms with Gasteiger partial charge in [0.05, 0.1) is 25.5 Å². The van der Waals surface area contributed by atoms with Gasteiger partial charge in [0.1, 0.15) is 11.5 Å². The van der Waals surface area contributed by atoms with E-state index < -0.39 is 0 Å². The molecule has 0 spiro atoms. The second-order valence-electron chi connectivity index (χ2n) is 7.45. The van der Waals surface area contributed by atoms with Crippen molar-refractivity contribution in [3.8, 4) is 34.0 Å². The van der Waals surface area contributed by atoms with Crippen molar-refractivity contribution in [1.82, 2.24) is 15.2 Å². The zero-order chi connectivity index (χ0) is 22.1. The fourth-order valence-electron chi connectivity index (χ4n) is 3.94. The summed E-state index contributed by atoms with van der Waals surface area (Å²) in [6.45, 7) is 0. The van der Waals surface area contributed by atoms with Crippen LogP contribution in [0.5, 0.6) is 11.5 Å². The van der Waals surface area contributed by atoms with Gasteiger partial charge < -0.3 is 9.47 Å². The number of benzene rings is 3. The van der Waals surface area contributed by atoms with Gasteiger partial charge in [-0.25, -0.2) is 4.98 Å². The van der Waals surface area contributed by atoms with E-state index in [9.17, 15) is 4.79 Å². The molecule has 0 atom stereocenters. The molecule has 6 nitrogen and oxygen atoms in total. The van der Waals surface area contributed by atoms with E-state index in [1.165, 1.54) is 28.5 Å². The quantitative estimate of drug-likeness (QED) is 0.281. The van der Waals surface area contributed by atoms with Gasteiger partial charge in [0.2, 0.25) is 5.16 Å². The average Bonchev–Trinajstić information content (AvgIpc) is 3.46. The highest BCUT2D eigenvalue weighted by Crippen LogP contribution is 2.37. The highest BCUT2D eigenvalue weighted by molar-refractivity contribution is 7.99. The molecule has 1 aliphatic rings. The van der Waals surface area contributed by atoms with Crippen LogP contribution in [0.1, 0.15) is 21.5 Å². The van der Waals surface area contributed by atoms with E-state index in [2.05, 4.69) is 39.4 Å². The molecule has 5 rings (SSSR count). The standard InChI is InChI=1S/C25H21N3O3S/c1-30-18-9-10-20(23(13-18)31-2)24-26-25(28-27-24)32-14-22(29)17-8-7-16-11-15-5-3-4-6-19(15)21(16)12-17/h3-10,12-13H,11,14H2,1-2H3,(H,26,27,28). The molecule has 0 amide bonds. The smallest absolute Gasteiger partial charge is 0.209 e. The summed E-state index contributed by atoms with van der Waals surface area (Å²) in [6, 6.07) is 19.8. The number of thioether (sulfide) groups is 1. The van der Waals surface area contributed by atoms with E-state index in [0.29, 0.717) is 28.0 Å². The number of hydrogen-bond donors (Lipinski definition) is 1. The molecule has 1 N–H and O–H groups in total. The lowest BCUT2D eigenvalue weighted by molar-refractivity contribution is 0.102. The predicted molar refractivity (Wildman–Crippen MR) is 125 cm³/mol. The maximum Gasteiger partial charge on any atom is 0.209 e. The Bertz CT molecular complexity index is 1320. The zero-order valence-corrected chi connectivity index (χ0v) is 18.5. The maximum absolute atomic E-state index is 12.9. The fraction of sp³-hybridized carbons (Fsp3) is 0.160. The summed E-state index contributed by atoms with van der Waals surface area (Å²) in [5.74, 6) is 2.22. The molecule has 0 bridgehead atoms. The van der Waals surface area contributed by atoms with Gasteiger partial charge in [-0.3, -0.25) is 9.89 Å². The largest absolute Gasteiger partial charge is 0.497 e. The molecule has 1 aromatic heterocycles. The Morgan fingerprint density at radius 3 is 2.66 bits per heavy atom. The van der Waals surface area contributed by atoms with Gasteiger partial charge in [0.15, 0.2) is 11.6 Å². The number of ketones is 1. The minimum absolute atomic E-state index is 0.0514. The zero-order valence-electron chi connectivity index (χ0n) is 17.7. The van der Waals surface area contributed by atoms with Gasteiger partial charge in [-0.05, 0) is 46.9 Å². The van der Waals surface area contributed by atoms with Crippen LogP contribution in [0.15, 0.2) is 65.8 Å². The molecule has 160 valence electrons. The first-order valence-corrected chi connectivity index (χ1v) is 11.2. The van der Waals surface area contributed by atoms with Crippen LogP contribution >= 0.6 is 11.8 Å². The van der Waals surface area contributed by atoms with Crippen LogP contribution in [0.2, 0.25) is 0 Å². The number of Topliss-reactive ketones (excluding diaryl/α,β-unsaturated/α-hetero) is 1. The number of nitrogens with one attached hydrogen (secondary N) is 1. The first kappa shape index (κ1) is 20.3. The summed E-state index contributed by atoms with van der Waals surface area (Å²) in [5, 5.41) is 7.69. The van der Waals surface area contributed by atoms with Crippen molar-refractivity contribution in [2.75, 3.05) is 20.0 Å². The number of fused-ring (bicyclic) bond motifs is 3. The molecule has 1 aliphatic carbocycles. The van der Waals surface area contributed by atoms with Crippen LogP contribution in [0.25, 0.3) is 22.5 Å². The molecule has 0 radical (unpaired) electrons. The number of carbonyl (C=O) groups excluding carboxylic acids is 1. The summed E-state index contributed by atoms with van der Waals surface area (Å²) in [6.07, 6.45) is 0.920. The first-order valence-electron chi connectivity index (χ1n) is 10.2. The Morgan fingerprint density at radius 2 is 1.81 bits per heavy atom. The molecule has 32 heavy (non-hydrogen) atoms. The fourth-order valence-corrected chi connectivity index (χ4v) is 4.63. The third kappa shape index (κ3) is 3.76. The predicted octanol–water partition coefficient (Wildman–Crippen LogP) is 5.04. The second-order valence-corrected chi connectivity index (χ2v) is 8.39. The van der Waals surface area contributed by atoms with Gasteiger partial charge in [-0.1, -0.05) is 48.2 Å². The molecule has 0 fully saturated rings. The normalized spacial score (nSPS) is 11.7. The van der Waals surface area contributed by atoms with Gasteiger partial charge >= 0.3 is 0 Å². The Balaban J connectivity index is 1.30. The van der Waals surface area contributed by atoms with Crippen molar-refractivity contribution in [2.24, 2.45) is 0 Å². The van der Waals surface area contributed by atoms with E-state index in [1.54, 1.807) is 20.3 Å². The molecular formula is C25H21N3O3S. The number of hydrogen-bond acceptors (Lipinski definition) is 6. The van der Waals surface area contributed by atoms with Gasteiger partial charge in [-0.2, -0.15) is 0 Å². The topological polar surface area (TPSA) is 77.1 Å². The van der Waals surface area contributed by atoms with E-state index in [-0.39, 0.29) is 11.5 Å². The lowest BCUT2D eigenvalue weighted by Crippen LogP contribution is -2.03. The number of H-pyrrole nitrogens is 1. The minimum Gasteiger partial charge on any atom is -0.497 e. The molecule has 0 aliphatic heterocycles. The van der Waals surface area contributed by atoms with Gasteiger partial charge in [-0.15, -0.1) is 5.10 Å². The molecule has 7 heteroatoms. The Kier molecular flexibility index (Phi) is 5.41. The van der Waals surface area contributed by atoms with Crippen molar-refractivity contribution in [3.05, 3.63) is 77.4 Å². The summed E-state index contributed by atoms with van der Waals surface area (Å²) in [4.78, 5) is 17.4. The third-order valence-electron chi connectivity index (χ3n) is 5.58. The van der Waals surface area contributed by atoms with E-state index in [0.717, 1.165) is 17.5 Å². The van der Waals surface area contributed by atoms with Crippen molar-refractivity contribution >= 4 is 17.5 Å².